The van der Waals surface area contributed by atoms with E-state index in [1.54, 1.807) is 20.4 Å². The molecule has 1 aliphatic heterocycles. The zero-order valence-corrected chi connectivity index (χ0v) is 14.3. The molecule has 0 aliphatic carbocycles. The van der Waals surface area contributed by atoms with Gasteiger partial charge < -0.3 is 23.9 Å². The van der Waals surface area contributed by atoms with Gasteiger partial charge in [-0.3, -0.25) is 0 Å². The Morgan fingerprint density at radius 1 is 1.16 bits per heavy atom. The molecule has 2 unspecified atom stereocenters. The molecule has 3 heterocycles. The minimum atomic E-state index is -0.475. The number of aromatic nitrogens is 2. The minimum absolute atomic E-state index is 0.192. The Bertz CT molecular complexity index is 893. The summed E-state index contributed by atoms with van der Waals surface area (Å²) in [5, 5.41) is 10.7. The maximum absolute atomic E-state index is 10.7. The van der Waals surface area contributed by atoms with Crippen molar-refractivity contribution in [2.24, 2.45) is 0 Å². The quantitative estimate of drug-likeness (QED) is 0.792. The number of hydrogen-bond acceptors (Lipinski definition) is 5. The van der Waals surface area contributed by atoms with Crippen LogP contribution < -0.4 is 14.4 Å². The summed E-state index contributed by atoms with van der Waals surface area (Å²) in [6, 6.07) is 9.68. The van der Waals surface area contributed by atoms with Gasteiger partial charge in [0.15, 0.2) is 11.5 Å². The fourth-order valence-corrected chi connectivity index (χ4v) is 3.66. The maximum Gasteiger partial charge on any atom is 0.166 e. The molecule has 1 fully saturated rings. The van der Waals surface area contributed by atoms with Crippen LogP contribution in [0, 0.1) is 0 Å². The fourth-order valence-electron chi connectivity index (χ4n) is 3.66. The summed E-state index contributed by atoms with van der Waals surface area (Å²) in [6.45, 7) is 0.767. The number of para-hydroxylation sites is 1. The number of pyridine rings is 1. The first-order valence-corrected chi connectivity index (χ1v) is 8.31. The molecule has 2 atom stereocenters. The molecule has 0 saturated carbocycles. The van der Waals surface area contributed by atoms with E-state index in [0.717, 1.165) is 23.4 Å². The van der Waals surface area contributed by atoms with Gasteiger partial charge in [-0.1, -0.05) is 12.1 Å². The van der Waals surface area contributed by atoms with Crippen molar-refractivity contribution in [3.05, 3.63) is 54.5 Å². The maximum atomic E-state index is 10.7. The predicted molar refractivity (Wildman–Crippen MR) is 95.4 cm³/mol. The Kier molecular flexibility index (Phi) is 3.97. The van der Waals surface area contributed by atoms with Gasteiger partial charge in [-0.25, -0.2) is 4.98 Å². The van der Waals surface area contributed by atoms with Crippen molar-refractivity contribution in [3.8, 4) is 11.5 Å². The lowest BCUT2D eigenvalue weighted by molar-refractivity contribution is 0.163. The normalized spacial score (nSPS) is 20.2. The lowest BCUT2D eigenvalue weighted by Crippen LogP contribution is -2.27. The molecule has 2 aromatic heterocycles. The summed E-state index contributed by atoms with van der Waals surface area (Å²) in [5.41, 5.74) is 2.84. The number of benzene rings is 1. The van der Waals surface area contributed by atoms with Crippen LogP contribution in [-0.4, -0.2) is 41.4 Å². The predicted octanol–water partition coefficient (Wildman–Crippen LogP) is 2.66. The number of methoxy groups -OCH3 is 2. The van der Waals surface area contributed by atoms with Gasteiger partial charge in [-0.2, -0.15) is 0 Å². The van der Waals surface area contributed by atoms with Crippen LogP contribution >= 0.6 is 0 Å². The summed E-state index contributed by atoms with van der Waals surface area (Å²) in [7, 11) is 3.25. The highest BCUT2D eigenvalue weighted by Gasteiger charge is 2.36. The number of fused-ring (bicyclic) bond motifs is 1. The van der Waals surface area contributed by atoms with Gasteiger partial charge in [-0.15, -0.1) is 0 Å². The van der Waals surface area contributed by atoms with Crippen LogP contribution in [0.25, 0.3) is 5.65 Å². The Balaban J connectivity index is 1.79. The SMILES string of the molecule is COc1cccc(C2C(O)CCN2c2ccn3ccnc3c2)c1OC. The molecule has 1 aliphatic rings. The summed E-state index contributed by atoms with van der Waals surface area (Å²) in [5.74, 6) is 1.34. The van der Waals surface area contributed by atoms with E-state index in [-0.39, 0.29) is 6.04 Å². The number of ether oxygens (including phenoxy) is 2. The average Bonchev–Trinajstić information content (AvgIpc) is 3.26. The zero-order valence-electron chi connectivity index (χ0n) is 14.3. The first kappa shape index (κ1) is 15.8. The van der Waals surface area contributed by atoms with Crippen molar-refractivity contribution in [2.45, 2.75) is 18.6 Å². The second-order valence-corrected chi connectivity index (χ2v) is 6.15. The van der Waals surface area contributed by atoms with Crippen molar-refractivity contribution in [1.29, 1.82) is 0 Å². The fraction of sp³-hybridized carbons (Fsp3) is 0.316. The molecule has 0 bridgehead atoms. The number of hydrogen-bond donors (Lipinski definition) is 1. The first-order valence-electron chi connectivity index (χ1n) is 8.31. The van der Waals surface area contributed by atoms with Gasteiger partial charge in [0.05, 0.1) is 26.4 Å². The summed E-state index contributed by atoms with van der Waals surface area (Å²) in [6.07, 6.45) is 5.91. The van der Waals surface area contributed by atoms with Crippen LogP contribution in [0.3, 0.4) is 0 Å². The summed E-state index contributed by atoms with van der Waals surface area (Å²) < 4.78 is 13.0. The molecule has 1 aromatic carbocycles. The third-order valence-corrected chi connectivity index (χ3v) is 4.83. The summed E-state index contributed by atoms with van der Waals surface area (Å²) >= 11 is 0. The number of nitrogens with zero attached hydrogens (tertiary/aromatic N) is 3. The first-order chi connectivity index (χ1) is 12.2. The summed E-state index contributed by atoms with van der Waals surface area (Å²) in [4.78, 5) is 6.56. The number of imidazole rings is 1. The third kappa shape index (κ3) is 2.59. The Hall–Kier alpha value is -2.73. The highest BCUT2D eigenvalue weighted by molar-refractivity contribution is 5.60. The molecule has 1 N–H and O–H groups in total. The molecule has 6 nitrogen and oxygen atoms in total. The van der Waals surface area contributed by atoms with Crippen LogP contribution in [0.2, 0.25) is 0 Å². The van der Waals surface area contributed by atoms with Gasteiger partial charge in [-0.05, 0) is 18.6 Å². The third-order valence-electron chi connectivity index (χ3n) is 4.83. The van der Waals surface area contributed by atoms with Gasteiger partial charge in [0.1, 0.15) is 5.65 Å². The highest BCUT2D eigenvalue weighted by atomic mass is 16.5. The van der Waals surface area contributed by atoms with E-state index in [4.69, 9.17) is 9.47 Å². The molecular formula is C19H21N3O3. The number of aliphatic hydroxyl groups is 1. The van der Waals surface area contributed by atoms with E-state index in [9.17, 15) is 5.11 Å². The van der Waals surface area contributed by atoms with Gasteiger partial charge in [0, 0.05) is 42.5 Å². The topological polar surface area (TPSA) is 59.2 Å². The number of rotatable bonds is 4. The minimum Gasteiger partial charge on any atom is -0.493 e. The lowest BCUT2D eigenvalue weighted by atomic mass is 10.00. The van der Waals surface area contributed by atoms with E-state index in [2.05, 4.69) is 9.88 Å². The van der Waals surface area contributed by atoms with E-state index >= 15 is 0 Å². The van der Waals surface area contributed by atoms with Crippen molar-refractivity contribution in [1.82, 2.24) is 9.38 Å². The van der Waals surface area contributed by atoms with E-state index in [1.807, 2.05) is 47.1 Å². The molecule has 0 spiro atoms. The van der Waals surface area contributed by atoms with Crippen LogP contribution in [-0.2, 0) is 0 Å². The van der Waals surface area contributed by atoms with Crippen LogP contribution in [0.15, 0.2) is 48.9 Å². The van der Waals surface area contributed by atoms with Gasteiger partial charge >= 0.3 is 0 Å². The Morgan fingerprint density at radius 2 is 2.04 bits per heavy atom. The van der Waals surface area contributed by atoms with Crippen LogP contribution in [0.1, 0.15) is 18.0 Å². The highest BCUT2D eigenvalue weighted by Crippen LogP contribution is 2.43. The van der Waals surface area contributed by atoms with E-state index < -0.39 is 6.10 Å². The van der Waals surface area contributed by atoms with Crippen molar-refractivity contribution < 1.29 is 14.6 Å². The number of anilines is 1. The number of aliphatic hydroxyl groups excluding tert-OH is 1. The Morgan fingerprint density at radius 3 is 2.84 bits per heavy atom. The molecule has 3 aromatic rings. The monoisotopic (exact) mass is 339 g/mol. The second kappa shape index (κ2) is 6.29. The largest absolute Gasteiger partial charge is 0.493 e. The molecule has 0 amide bonds. The van der Waals surface area contributed by atoms with Crippen molar-refractivity contribution in [2.75, 3.05) is 25.7 Å². The van der Waals surface area contributed by atoms with Gasteiger partial charge in [0.25, 0.3) is 0 Å². The van der Waals surface area contributed by atoms with E-state index in [1.165, 1.54) is 0 Å². The van der Waals surface area contributed by atoms with Crippen LogP contribution in [0.5, 0.6) is 11.5 Å². The van der Waals surface area contributed by atoms with Crippen molar-refractivity contribution >= 4 is 11.3 Å². The van der Waals surface area contributed by atoms with Crippen LogP contribution in [0.4, 0.5) is 5.69 Å². The lowest BCUT2D eigenvalue weighted by Gasteiger charge is -2.30. The molecule has 1 saturated heterocycles. The standard InChI is InChI=1S/C19H21N3O3/c1-24-16-5-3-4-14(19(16)25-2)18-15(23)7-10-22(18)13-6-9-21-11-8-20-17(21)12-13/h3-6,8-9,11-12,15,18,23H,7,10H2,1-2H3. The molecule has 25 heavy (non-hydrogen) atoms. The molecular weight excluding hydrogens is 318 g/mol. The average molecular weight is 339 g/mol. The molecule has 130 valence electrons. The van der Waals surface area contributed by atoms with Crippen molar-refractivity contribution in [3.63, 3.8) is 0 Å². The Labute approximate surface area is 146 Å². The molecule has 6 heteroatoms. The zero-order chi connectivity index (χ0) is 17.4. The van der Waals surface area contributed by atoms with E-state index in [0.29, 0.717) is 17.9 Å². The molecule has 4 rings (SSSR count). The smallest absolute Gasteiger partial charge is 0.166 e. The van der Waals surface area contributed by atoms with Gasteiger partial charge in [0.2, 0.25) is 0 Å². The molecule has 0 radical (unpaired) electrons. The second-order valence-electron chi connectivity index (χ2n) is 6.15.